The molecule has 3 aromatic heterocycles. The van der Waals surface area contributed by atoms with Crippen LogP contribution >= 0.6 is 0 Å². The zero-order valence-electron chi connectivity index (χ0n) is 22.8. The van der Waals surface area contributed by atoms with Crippen LogP contribution in [-0.2, 0) is 34.6 Å². The van der Waals surface area contributed by atoms with Gasteiger partial charge in [0.25, 0.3) is 5.56 Å². The Bertz CT molecular complexity index is 1760. The van der Waals surface area contributed by atoms with Gasteiger partial charge < -0.3 is 14.8 Å². The van der Waals surface area contributed by atoms with Gasteiger partial charge in [-0.15, -0.1) is 0 Å². The first kappa shape index (κ1) is 26.3. The number of para-hydroxylation sites is 2. The second kappa shape index (κ2) is 10.3. The smallest absolute Gasteiger partial charge is 0.278 e. The highest BCUT2D eigenvalue weighted by Crippen LogP contribution is 2.34. The lowest BCUT2D eigenvalue weighted by molar-refractivity contribution is -0.0431. The predicted octanol–water partition coefficient (Wildman–Crippen LogP) is 3.49. The minimum atomic E-state index is -3.52. The Labute approximate surface area is 232 Å². The van der Waals surface area contributed by atoms with Crippen LogP contribution < -0.4 is 19.9 Å². The summed E-state index contributed by atoms with van der Waals surface area (Å²) in [5, 5.41) is 3.78. The number of nitrogens with one attached hydrogen (secondary N) is 1. The van der Waals surface area contributed by atoms with Gasteiger partial charge in [-0.2, -0.15) is 0 Å². The largest absolute Gasteiger partial charge is 0.491 e. The molecule has 0 bridgehead atoms. The van der Waals surface area contributed by atoms with Gasteiger partial charge in [0.1, 0.15) is 11.1 Å². The second-order valence-electron chi connectivity index (χ2n) is 10.3. The van der Waals surface area contributed by atoms with Gasteiger partial charge in [-0.25, -0.2) is 22.8 Å². The summed E-state index contributed by atoms with van der Waals surface area (Å²) >= 11 is 0. The molecular formula is C28H32N6O5S. The number of benzene rings is 1. The highest BCUT2D eigenvalue weighted by atomic mass is 32.2. The first-order valence-electron chi connectivity index (χ1n) is 13.3. The average Bonchev–Trinajstić information content (AvgIpc) is 3.50. The van der Waals surface area contributed by atoms with Gasteiger partial charge >= 0.3 is 0 Å². The molecule has 210 valence electrons. The number of aromatic nitrogens is 4. The maximum absolute atomic E-state index is 13.7. The van der Waals surface area contributed by atoms with Crippen LogP contribution in [0.2, 0.25) is 0 Å². The zero-order valence-corrected chi connectivity index (χ0v) is 23.6. The molecule has 1 fully saturated rings. The fraction of sp³-hybridized carbons (Fsp3) is 0.393. The van der Waals surface area contributed by atoms with Crippen LogP contribution in [0, 0.1) is 0 Å². The van der Waals surface area contributed by atoms with E-state index >= 15 is 0 Å². The van der Waals surface area contributed by atoms with Crippen molar-refractivity contribution in [3.63, 3.8) is 0 Å². The number of rotatable bonds is 7. The van der Waals surface area contributed by atoms with Gasteiger partial charge in [-0.05, 0) is 43.5 Å². The third-order valence-electron chi connectivity index (χ3n) is 7.54. The Morgan fingerprint density at radius 3 is 2.73 bits per heavy atom. The first-order chi connectivity index (χ1) is 19.2. The number of ether oxygens (including phenoxy) is 2. The Kier molecular flexibility index (Phi) is 6.75. The molecule has 11 nitrogen and oxygen atoms in total. The number of sulfonamides is 1. The van der Waals surface area contributed by atoms with Crippen LogP contribution in [0.3, 0.4) is 0 Å². The van der Waals surface area contributed by atoms with Gasteiger partial charge in [0.15, 0.2) is 11.9 Å². The molecule has 5 heterocycles. The van der Waals surface area contributed by atoms with E-state index in [1.807, 2.05) is 22.9 Å². The molecule has 6 rings (SSSR count). The minimum absolute atomic E-state index is 0.215. The van der Waals surface area contributed by atoms with Crippen LogP contribution in [0.1, 0.15) is 42.4 Å². The number of hydrogen-bond acceptors (Lipinski definition) is 8. The maximum atomic E-state index is 13.7. The van der Waals surface area contributed by atoms with Crippen molar-refractivity contribution in [1.82, 2.24) is 19.3 Å². The maximum Gasteiger partial charge on any atom is 0.278 e. The lowest BCUT2D eigenvalue weighted by Gasteiger charge is -2.25. The number of pyridine rings is 2. The molecule has 2 aliphatic heterocycles. The predicted molar refractivity (Wildman–Crippen MR) is 153 cm³/mol. The van der Waals surface area contributed by atoms with Crippen LogP contribution in [0.5, 0.6) is 5.75 Å². The van der Waals surface area contributed by atoms with Crippen molar-refractivity contribution in [2.24, 2.45) is 7.05 Å². The van der Waals surface area contributed by atoms with E-state index in [9.17, 15) is 13.2 Å². The molecule has 0 radical (unpaired) electrons. The number of nitrogens with zero attached hydrogens (tertiary/aromatic N) is 5. The molecule has 0 amide bonds. The third-order valence-corrected chi connectivity index (χ3v) is 8.73. The molecule has 1 aromatic carbocycles. The second-order valence-corrected chi connectivity index (χ2v) is 12.3. The molecule has 0 saturated carbocycles. The fourth-order valence-corrected chi connectivity index (χ4v) is 5.90. The molecule has 2 aliphatic rings. The highest BCUT2D eigenvalue weighted by molar-refractivity contribution is 7.92. The summed E-state index contributed by atoms with van der Waals surface area (Å²) in [5.41, 5.74) is 4.52. The summed E-state index contributed by atoms with van der Waals surface area (Å²) in [7, 11) is -0.293. The van der Waals surface area contributed by atoms with Crippen molar-refractivity contribution in [2.45, 2.75) is 38.3 Å². The molecule has 40 heavy (non-hydrogen) atoms. The summed E-state index contributed by atoms with van der Waals surface area (Å²) in [6.07, 6.45) is 6.63. The quantitative estimate of drug-likeness (QED) is 0.362. The van der Waals surface area contributed by atoms with Gasteiger partial charge in [0.05, 0.1) is 41.8 Å². The Balaban J connectivity index is 1.50. The van der Waals surface area contributed by atoms with Crippen molar-refractivity contribution in [3.05, 3.63) is 69.9 Å². The number of hydrogen-bond donors (Lipinski definition) is 1. The Hall–Kier alpha value is -3.90. The molecule has 0 aliphatic carbocycles. The van der Waals surface area contributed by atoms with Gasteiger partial charge in [0.2, 0.25) is 10.0 Å². The summed E-state index contributed by atoms with van der Waals surface area (Å²) in [6, 6.07) is 11.0. The first-order valence-corrected chi connectivity index (χ1v) is 15.2. The van der Waals surface area contributed by atoms with Crippen molar-refractivity contribution < 1.29 is 17.9 Å². The summed E-state index contributed by atoms with van der Waals surface area (Å²) in [5.74, 6) is 0.812. The van der Waals surface area contributed by atoms with Crippen LogP contribution in [0.15, 0.2) is 47.4 Å². The molecule has 1 unspecified atom stereocenters. The van der Waals surface area contributed by atoms with Gasteiger partial charge in [-0.1, -0.05) is 12.1 Å². The molecule has 4 aromatic rings. The topological polar surface area (TPSA) is 121 Å². The van der Waals surface area contributed by atoms with E-state index in [0.29, 0.717) is 53.4 Å². The van der Waals surface area contributed by atoms with E-state index in [2.05, 4.69) is 10.3 Å². The average molecular weight is 565 g/mol. The number of anilines is 3. The zero-order chi connectivity index (χ0) is 28.0. The van der Waals surface area contributed by atoms with Gasteiger partial charge in [-0.3, -0.25) is 14.1 Å². The molecule has 1 atom stereocenters. The molecular weight excluding hydrogens is 532 g/mol. The Morgan fingerprint density at radius 2 is 1.95 bits per heavy atom. The summed E-state index contributed by atoms with van der Waals surface area (Å²) < 4.78 is 41.0. The van der Waals surface area contributed by atoms with Crippen LogP contribution in [0.25, 0.3) is 11.0 Å². The van der Waals surface area contributed by atoms with Gasteiger partial charge in [0, 0.05) is 44.8 Å². The SMILES string of the molecule is CN(c1ccccc1Nc1cc(Cc2cc3c(cn2)OCC3)nc2c1c(=O)n(C)n2C1CCCCO1)S(C)(=O)=O. The standard InChI is InChI=1S/C28H32N6O5S/c1-32-28(35)26-22(31-21-8-4-5-9-23(21)33(2)40(3,36)37)16-20(15-19-14-18-11-13-38-24(18)17-29-19)30-27(26)34(32)25-10-6-7-12-39-25/h4-5,8-9,14,16-17,25H,6-7,10-13,15H2,1-3H3,(H,30,31). The van der Waals surface area contributed by atoms with E-state index < -0.39 is 10.0 Å². The highest BCUT2D eigenvalue weighted by Gasteiger charge is 2.26. The van der Waals surface area contributed by atoms with Crippen LogP contribution in [-0.4, -0.2) is 54.3 Å². The Morgan fingerprint density at radius 1 is 1.12 bits per heavy atom. The monoisotopic (exact) mass is 564 g/mol. The minimum Gasteiger partial charge on any atom is -0.491 e. The molecule has 12 heteroatoms. The van der Waals surface area contributed by atoms with E-state index in [1.54, 1.807) is 36.1 Å². The molecule has 0 spiro atoms. The van der Waals surface area contributed by atoms with E-state index in [4.69, 9.17) is 14.5 Å². The lowest BCUT2D eigenvalue weighted by atomic mass is 10.1. The van der Waals surface area contributed by atoms with Crippen molar-refractivity contribution in [2.75, 3.05) is 36.1 Å². The molecule has 1 saturated heterocycles. The summed E-state index contributed by atoms with van der Waals surface area (Å²) in [4.78, 5) is 23.2. The van der Waals surface area contributed by atoms with E-state index in [0.717, 1.165) is 48.9 Å². The van der Waals surface area contributed by atoms with E-state index in [1.165, 1.54) is 11.4 Å². The third kappa shape index (κ3) is 4.81. The number of fused-ring (bicyclic) bond motifs is 2. The van der Waals surface area contributed by atoms with E-state index in [-0.39, 0.29) is 11.8 Å². The molecule has 1 N–H and O–H groups in total. The summed E-state index contributed by atoms with van der Waals surface area (Å²) in [6.45, 7) is 1.27. The fourth-order valence-electron chi connectivity index (χ4n) is 5.39. The van der Waals surface area contributed by atoms with Crippen LogP contribution in [0.4, 0.5) is 17.1 Å². The lowest BCUT2D eigenvalue weighted by Crippen LogP contribution is -2.27. The normalized spacial score (nSPS) is 17.0. The van der Waals surface area contributed by atoms with Crippen molar-refractivity contribution in [1.29, 1.82) is 0 Å². The van der Waals surface area contributed by atoms with Crippen molar-refractivity contribution >= 4 is 38.1 Å². The van der Waals surface area contributed by atoms with Crippen molar-refractivity contribution in [3.8, 4) is 5.75 Å².